The molecule has 4 nitrogen and oxygen atoms in total. The van der Waals surface area contributed by atoms with E-state index in [2.05, 4.69) is 29.2 Å². The van der Waals surface area contributed by atoms with Crippen molar-refractivity contribution in [1.29, 1.82) is 0 Å². The first kappa shape index (κ1) is 17.1. The summed E-state index contributed by atoms with van der Waals surface area (Å²) in [5, 5.41) is 0. The first-order valence-corrected chi connectivity index (χ1v) is 9.67. The Labute approximate surface area is 155 Å². The molecule has 0 unspecified atom stereocenters. The second-order valence-electron chi connectivity index (χ2n) is 7.49. The van der Waals surface area contributed by atoms with Crippen molar-refractivity contribution in [1.82, 2.24) is 4.90 Å². The van der Waals surface area contributed by atoms with Gasteiger partial charge in [0.25, 0.3) is 5.91 Å². The van der Waals surface area contributed by atoms with E-state index in [0.717, 1.165) is 18.7 Å². The Balaban J connectivity index is 1.44. The van der Waals surface area contributed by atoms with Crippen LogP contribution in [0.4, 0.5) is 5.69 Å². The standard InChI is InChI=1S/C22H27N3O/c23-21-16-25(15-20(21)17-7-3-1-4-8-17)22(26)18-9-11-19(12-10-18)24-13-5-2-6-14-24/h1,3-4,7-12,20-21H,2,5-6,13-16,23H2/t20-,21+/m1/s1. The number of rotatable bonds is 3. The van der Waals surface area contributed by atoms with Gasteiger partial charge in [-0.2, -0.15) is 0 Å². The van der Waals surface area contributed by atoms with Crippen LogP contribution in [-0.2, 0) is 0 Å². The monoisotopic (exact) mass is 349 g/mol. The summed E-state index contributed by atoms with van der Waals surface area (Å²) >= 11 is 0. The fraction of sp³-hybridized carbons (Fsp3) is 0.409. The predicted molar refractivity (Wildman–Crippen MR) is 106 cm³/mol. The van der Waals surface area contributed by atoms with Gasteiger partial charge in [-0.25, -0.2) is 0 Å². The van der Waals surface area contributed by atoms with Gasteiger partial charge < -0.3 is 15.5 Å². The van der Waals surface area contributed by atoms with Gasteiger partial charge in [0, 0.05) is 49.4 Å². The van der Waals surface area contributed by atoms with Crippen LogP contribution >= 0.6 is 0 Å². The van der Waals surface area contributed by atoms with E-state index < -0.39 is 0 Å². The van der Waals surface area contributed by atoms with Gasteiger partial charge in [0.2, 0.25) is 0 Å². The summed E-state index contributed by atoms with van der Waals surface area (Å²) in [5.74, 6) is 0.303. The van der Waals surface area contributed by atoms with E-state index >= 15 is 0 Å². The fourth-order valence-corrected chi connectivity index (χ4v) is 4.20. The Morgan fingerprint density at radius 3 is 2.27 bits per heavy atom. The van der Waals surface area contributed by atoms with E-state index in [1.165, 1.54) is 30.5 Å². The van der Waals surface area contributed by atoms with Crippen LogP contribution in [0.15, 0.2) is 54.6 Å². The van der Waals surface area contributed by atoms with Gasteiger partial charge in [0.15, 0.2) is 0 Å². The highest BCUT2D eigenvalue weighted by molar-refractivity contribution is 5.95. The van der Waals surface area contributed by atoms with Gasteiger partial charge in [-0.05, 0) is 49.1 Å². The molecule has 26 heavy (non-hydrogen) atoms. The van der Waals surface area contributed by atoms with Gasteiger partial charge in [0.05, 0.1) is 0 Å². The number of nitrogens with zero attached hydrogens (tertiary/aromatic N) is 2. The van der Waals surface area contributed by atoms with Crippen molar-refractivity contribution in [2.45, 2.75) is 31.2 Å². The first-order chi connectivity index (χ1) is 12.7. The predicted octanol–water partition coefficient (Wildman–Crippen LogP) is 3.24. The lowest BCUT2D eigenvalue weighted by molar-refractivity contribution is 0.0789. The van der Waals surface area contributed by atoms with Crippen molar-refractivity contribution in [3.8, 4) is 0 Å². The minimum Gasteiger partial charge on any atom is -0.372 e. The van der Waals surface area contributed by atoms with Gasteiger partial charge >= 0.3 is 0 Å². The molecule has 136 valence electrons. The fourth-order valence-electron chi connectivity index (χ4n) is 4.20. The average molecular weight is 349 g/mol. The number of carbonyl (C=O) groups excluding carboxylic acids is 1. The molecule has 2 aromatic rings. The molecule has 0 aromatic heterocycles. The average Bonchev–Trinajstić information content (AvgIpc) is 3.10. The number of anilines is 1. The topological polar surface area (TPSA) is 49.6 Å². The van der Waals surface area contributed by atoms with Crippen LogP contribution in [0.5, 0.6) is 0 Å². The van der Waals surface area contributed by atoms with E-state index in [-0.39, 0.29) is 17.9 Å². The maximum absolute atomic E-state index is 12.9. The Kier molecular flexibility index (Phi) is 4.93. The molecule has 2 aliphatic rings. The molecular weight excluding hydrogens is 322 g/mol. The number of hydrogen-bond acceptors (Lipinski definition) is 3. The van der Waals surface area contributed by atoms with Crippen molar-refractivity contribution in [3.63, 3.8) is 0 Å². The molecule has 0 bridgehead atoms. The number of likely N-dealkylation sites (tertiary alicyclic amines) is 1. The molecule has 2 aliphatic heterocycles. The van der Waals surface area contributed by atoms with Gasteiger partial charge in [-0.15, -0.1) is 0 Å². The molecule has 0 radical (unpaired) electrons. The molecule has 0 aliphatic carbocycles. The third-order valence-electron chi connectivity index (χ3n) is 5.72. The molecule has 1 amide bonds. The van der Waals surface area contributed by atoms with Crippen LogP contribution in [0, 0.1) is 0 Å². The Morgan fingerprint density at radius 2 is 1.58 bits per heavy atom. The molecule has 0 spiro atoms. The van der Waals surface area contributed by atoms with Gasteiger partial charge in [-0.3, -0.25) is 4.79 Å². The number of hydrogen-bond donors (Lipinski definition) is 1. The highest BCUT2D eigenvalue weighted by Gasteiger charge is 2.34. The zero-order valence-electron chi connectivity index (χ0n) is 15.2. The van der Waals surface area contributed by atoms with Crippen LogP contribution in [-0.4, -0.2) is 43.0 Å². The molecule has 2 aromatic carbocycles. The molecule has 2 heterocycles. The summed E-state index contributed by atoms with van der Waals surface area (Å²) in [4.78, 5) is 17.2. The van der Waals surface area contributed by atoms with Crippen molar-refractivity contribution >= 4 is 11.6 Å². The van der Waals surface area contributed by atoms with Crippen molar-refractivity contribution < 1.29 is 4.79 Å². The molecule has 4 rings (SSSR count). The Hall–Kier alpha value is -2.33. The van der Waals surface area contributed by atoms with Crippen molar-refractivity contribution in [2.75, 3.05) is 31.1 Å². The lowest BCUT2D eigenvalue weighted by Crippen LogP contribution is -2.32. The van der Waals surface area contributed by atoms with Crippen molar-refractivity contribution in [2.24, 2.45) is 5.73 Å². The second kappa shape index (κ2) is 7.50. The highest BCUT2D eigenvalue weighted by Crippen LogP contribution is 2.28. The van der Waals surface area contributed by atoms with E-state index in [1.807, 2.05) is 35.2 Å². The van der Waals surface area contributed by atoms with Crippen LogP contribution in [0.3, 0.4) is 0 Å². The van der Waals surface area contributed by atoms with Crippen LogP contribution in [0.25, 0.3) is 0 Å². The summed E-state index contributed by atoms with van der Waals surface area (Å²) in [6, 6.07) is 18.4. The molecule has 0 saturated carbocycles. The maximum Gasteiger partial charge on any atom is 0.253 e. The zero-order valence-corrected chi connectivity index (χ0v) is 15.2. The minimum absolute atomic E-state index is 0.00558. The molecule has 2 fully saturated rings. The van der Waals surface area contributed by atoms with E-state index in [1.54, 1.807) is 0 Å². The summed E-state index contributed by atoms with van der Waals surface area (Å²) in [6.45, 7) is 3.55. The highest BCUT2D eigenvalue weighted by atomic mass is 16.2. The summed E-state index contributed by atoms with van der Waals surface area (Å²) < 4.78 is 0. The maximum atomic E-state index is 12.9. The van der Waals surface area contributed by atoms with E-state index in [4.69, 9.17) is 5.73 Å². The number of piperidine rings is 1. The molecular formula is C22H27N3O. The van der Waals surface area contributed by atoms with Gasteiger partial charge in [-0.1, -0.05) is 30.3 Å². The minimum atomic E-state index is -0.00558. The van der Waals surface area contributed by atoms with Gasteiger partial charge in [0.1, 0.15) is 0 Å². The summed E-state index contributed by atoms with van der Waals surface area (Å²) in [6.07, 6.45) is 3.84. The van der Waals surface area contributed by atoms with Crippen LogP contribution in [0.2, 0.25) is 0 Å². The normalized spacial score (nSPS) is 23.3. The number of carbonyl (C=O) groups is 1. The zero-order chi connectivity index (χ0) is 17.9. The largest absolute Gasteiger partial charge is 0.372 e. The SMILES string of the molecule is N[C@H]1CN(C(=O)c2ccc(N3CCCCC3)cc2)C[C@@H]1c1ccccc1. The molecule has 2 atom stereocenters. The summed E-state index contributed by atoms with van der Waals surface area (Å²) in [7, 11) is 0. The third-order valence-corrected chi connectivity index (χ3v) is 5.72. The molecule has 4 heteroatoms. The van der Waals surface area contributed by atoms with E-state index in [0.29, 0.717) is 13.1 Å². The van der Waals surface area contributed by atoms with Crippen molar-refractivity contribution in [3.05, 3.63) is 65.7 Å². The first-order valence-electron chi connectivity index (χ1n) is 9.67. The molecule has 2 N–H and O–H groups in total. The second-order valence-corrected chi connectivity index (χ2v) is 7.49. The molecule has 2 saturated heterocycles. The lowest BCUT2D eigenvalue weighted by Gasteiger charge is -2.29. The lowest BCUT2D eigenvalue weighted by atomic mass is 9.95. The summed E-state index contributed by atoms with van der Waals surface area (Å²) in [5.41, 5.74) is 9.54. The number of amides is 1. The van der Waals surface area contributed by atoms with E-state index in [9.17, 15) is 4.79 Å². The number of nitrogens with two attached hydrogens (primary N) is 1. The Bertz CT molecular complexity index is 738. The quantitative estimate of drug-likeness (QED) is 0.925. The van der Waals surface area contributed by atoms with Crippen LogP contribution < -0.4 is 10.6 Å². The van der Waals surface area contributed by atoms with Crippen LogP contribution in [0.1, 0.15) is 41.1 Å². The Morgan fingerprint density at radius 1 is 0.885 bits per heavy atom. The third kappa shape index (κ3) is 3.47. The smallest absolute Gasteiger partial charge is 0.253 e. The number of benzene rings is 2.